The zero-order chi connectivity index (χ0) is 13.7. The van der Waals surface area contributed by atoms with Crippen molar-refractivity contribution in [1.29, 1.82) is 5.26 Å². The van der Waals surface area contributed by atoms with Gasteiger partial charge in [-0.1, -0.05) is 29.8 Å². The monoisotopic (exact) mass is 272 g/mol. The van der Waals surface area contributed by atoms with Crippen LogP contribution >= 0.6 is 11.6 Å². The quantitative estimate of drug-likeness (QED) is 0.899. The molecular formula is C15H13ClN2O. The fourth-order valence-electron chi connectivity index (χ4n) is 1.75. The highest BCUT2D eigenvalue weighted by molar-refractivity contribution is 6.31. The lowest BCUT2D eigenvalue weighted by Crippen LogP contribution is -2.13. The molecule has 0 aliphatic heterocycles. The smallest absolute Gasteiger partial charge is 0.121 e. The van der Waals surface area contributed by atoms with E-state index in [1.54, 1.807) is 30.3 Å². The number of rotatable bonds is 4. The summed E-state index contributed by atoms with van der Waals surface area (Å²) < 4.78 is 0. The average molecular weight is 273 g/mol. The Balaban J connectivity index is 1.95. The predicted octanol–water partition coefficient (Wildman–Crippen LogP) is 3.21. The third-order valence-corrected chi connectivity index (χ3v) is 3.16. The third kappa shape index (κ3) is 3.47. The minimum absolute atomic E-state index is 0.194. The second kappa shape index (κ2) is 6.24. The van der Waals surface area contributed by atoms with E-state index < -0.39 is 0 Å². The molecule has 0 saturated heterocycles. The molecule has 0 radical (unpaired) electrons. The van der Waals surface area contributed by atoms with Crippen LogP contribution in [-0.4, -0.2) is 5.11 Å². The molecule has 0 heterocycles. The Morgan fingerprint density at radius 2 is 1.84 bits per heavy atom. The van der Waals surface area contributed by atoms with Crippen LogP contribution in [0.4, 0.5) is 0 Å². The SMILES string of the molecule is N#Cc1ccc(CNCc2c(O)cccc2Cl)cc1. The van der Waals surface area contributed by atoms with Crippen molar-refractivity contribution in [2.24, 2.45) is 0 Å². The van der Waals surface area contributed by atoms with Crippen molar-refractivity contribution >= 4 is 11.6 Å². The molecule has 0 unspecified atom stereocenters. The van der Waals surface area contributed by atoms with Crippen LogP contribution in [0.1, 0.15) is 16.7 Å². The number of hydrogen-bond donors (Lipinski definition) is 2. The molecule has 0 fully saturated rings. The summed E-state index contributed by atoms with van der Waals surface area (Å²) >= 11 is 6.01. The highest BCUT2D eigenvalue weighted by Gasteiger charge is 2.05. The Bertz CT molecular complexity index is 582. The minimum Gasteiger partial charge on any atom is -0.508 e. The van der Waals surface area contributed by atoms with Crippen LogP contribution in [0.3, 0.4) is 0 Å². The van der Waals surface area contributed by atoms with E-state index in [0.717, 1.165) is 5.56 Å². The summed E-state index contributed by atoms with van der Waals surface area (Å²) in [6.45, 7) is 1.14. The molecule has 0 saturated carbocycles. The van der Waals surface area contributed by atoms with Crippen molar-refractivity contribution in [1.82, 2.24) is 5.32 Å². The second-order valence-electron chi connectivity index (χ2n) is 4.15. The Morgan fingerprint density at radius 1 is 1.11 bits per heavy atom. The first kappa shape index (κ1) is 13.4. The third-order valence-electron chi connectivity index (χ3n) is 2.81. The fourth-order valence-corrected chi connectivity index (χ4v) is 1.99. The summed E-state index contributed by atoms with van der Waals surface area (Å²) in [5.41, 5.74) is 2.41. The Hall–Kier alpha value is -2.02. The van der Waals surface area contributed by atoms with E-state index in [9.17, 15) is 5.11 Å². The van der Waals surface area contributed by atoms with Gasteiger partial charge < -0.3 is 10.4 Å². The summed E-state index contributed by atoms with van der Waals surface area (Å²) in [6, 6.07) is 14.5. The minimum atomic E-state index is 0.194. The maximum absolute atomic E-state index is 9.70. The molecule has 2 aromatic carbocycles. The molecule has 96 valence electrons. The lowest BCUT2D eigenvalue weighted by atomic mass is 10.1. The average Bonchev–Trinajstić information content (AvgIpc) is 2.43. The number of phenols is 1. The normalized spacial score (nSPS) is 10.1. The summed E-state index contributed by atoms with van der Waals surface area (Å²) in [5.74, 6) is 0.194. The highest BCUT2D eigenvalue weighted by atomic mass is 35.5. The molecule has 0 aliphatic rings. The lowest BCUT2D eigenvalue weighted by Gasteiger charge is -2.08. The summed E-state index contributed by atoms with van der Waals surface area (Å²) in [5, 5.41) is 22.2. The van der Waals surface area contributed by atoms with Crippen LogP contribution < -0.4 is 5.32 Å². The first-order valence-corrected chi connectivity index (χ1v) is 6.24. The number of phenolic OH excluding ortho intramolecular Hbond substituents is 1. The number of nitriles is 1. The summed E-state index contributed by atoms with van der Waals surface area (Å²) in [6.07, 6.45) is 0. The molecular weight excluding hydrogens is 260 g/mol. The number of nitrogens with zero attached hydrogens (tertiary/aromatic N) is 1. The van der Waals surface area contributed by atoms with E-state index in [4.69, 9.17) is 16.9 Å². The van der Waals surface area contributed by atoms with E-state index >= 15 is 0 Å². The summed E-state index contributed by atoms with van der Waals surface area (Å²) in [4.78, 5) is 0. The fraction of sp³-hybridized carbons (Fsp3) is 0.133. The molecule has 0 aliphatic carbocycles. The van der Waals surface area contributed by atoms with Crippen molar-refractivity contribution < 1.29 is 5.11 Å². The maximum Gasteiger partial charge on any atom is 0.121 e. The van der Waals surface area contributed by atoms with Gasteiger partial charge in [-0.2, -0.15) is 5.26 Å². The molecule has 2 rings (SSSR count). The summed E-state index contributed by atoms with van der Waals surface area (Å²) in [7, 11) is 0. The number of halogens is 1. The van der Waals surface area contributed by atoms with Crippen molar-refractivity contribution in [2.75, 3.05) is 0 Å². The standard InChI is InChI=1S/C15H13ClN2O/c16-14-2-1-3-15(19)13(14)10-18-9-12-6-4-11(8-17)5-7-12/h1-7,18-19H,9-10H2. The van der Waals surface area contributed by atoms with Crippen LogP contribution in [0, 0.1) is 11.3 Å². The topological polar surface area (TPSA) is 56.0 Å². The van der Waals surface area contributed by atoms with Crippen molar-refractivity contribution in [3.05, 3.63) is 64.2 Å². The number of benzene rings is 2. The lowest BCUT2D eigenvalue weighted by molar-refractivity contribution is 0.464. The van der Waals surface area contributed by atoms with Crippen molar-refractivity contribution in [3.8, 4) is 11.8 Å². The number of nitrogens with one attached hydrogen (secondary N) is 1. The van der Waals surface area contributed by atoms with E-state index in [2.05, 4.69) is 11.4 Å². The molecule has 0 spiro atoms. The number of aromatic hydroxyl groups is 1. The largest absolute Gasteiger partial charge is 0.508 e. The van der Waals surface area contributed by atoms with Gasteiger partial charge in [0, 0.05) is 23.7 Å². The van der Waals surface area contributed by atoms with Crippen LogP contribution in [-0.2, 0) is 13.1 Å². The van der Waals surface area contributed by atoms with Gasteiger partial charge in [-0.3, -0.25) is 0 Å². The molecule has 0 atom stereocenters. The maximum atomic E-state index is 9.70. The molecule has 2 aromatic rings. The number of hydrogen-bond acceptors (Lipinski definition) is 3. The zero-order valence-corrected chi connectivity index (χ0v) is 11.0. The Labute approximate surface area is 117 Å². The van der Waals surface area contributed by atoms with Gasteiger partial charge in [0.2, 0.25) is 0 Å². The second-order valence-corrected chi connectivity index (χ2v) is 4.56. The molecule has 0 bridgehead atoms. The van der Waals surface area contributed by atoms with Gasteiger partial charge in [0.05, 0.1) is 11.6 Å². The van der Waals surface area contributed by atoms with E-state index in [1.807, 2.05) is 12.1 Å². The predicted molar refractivity (Wildman–Crippen MR) is 74.8 cm³/mol. The van der Waals surface area contributed by atoms with Crippen LogP contribution in [0.25, 0.3) is 0 Å². The Morgan fingerprint density at radius 3 is 2.47 bits per heavy atom. The van der Waals surface area contributed by atoms with Gasteiger partial charge in [-0.15, -0.1) is 0 Å². The molecule has 3 nitrogen and oxygen atoms in total. The van der Waals surface area contributed by atoms with Gasteiger partial charge in [-0.25, -0.2) is 0 Å². The van der Waals surface area contributed by atoms with Gasteiger partial charge >= 0.3 is 0 Å². The zero-order valence-electron chi connectivity index (χ0n) is 10.2. The molecule has 4 heteroatoms. The first-order chi connectivity index (χ1) is 9.20. The van der Waals surface area contributed by atoms with Crippen molar-refractivity contribution in [2.45, 2.75) is 13.1 Å². The molecule has 0 aromatic heterocycles. The highest BCUT2D eigenvalue weighted by Crippen LogP contribution is 2.24. The molecule has 0 amide bonds. The Kier molecular flexibility index (Phi) is 4.40. The molecule has 19 heavy (non-hydrogen) atoms. The molecule has 2 N–H and O–H groups in total. The van der Waals surface area contributed by atoms with E-state index in [-0.39, 0.29) is 5.75 Å². The van der Waals surface area contributed by atoms with Gasteiger partial charge in [0.15, 0.2) is 0 Å². The first-order valence-electron chi connectivity index (χ1n) is 5.87. The van der Waals surface area contributed by atoms with E-state index in [0.29, 0.717) is 29.2 Å². The van der Waals surface area contributed by atoms with Crippen LogP contribution in [0.5, 0.6) is 5.75 Å². The van der Waals surface area contributed by atoms with E-state index in [1.165, 1.54) is 0 Å². The van der Waals surface area contributed by atoms with Crippen LogP contribution in [0.2, 0.25) is 5.02 Å². The van der Waals surface area contributed by atoms with Gasteiger partial charge in [-0.05, 0) is 29.8 Å². The van der Waals surface area contributed by atoms with Crippen LogP contribution in [0.15, 0.2) is 42.5 Å². The van der Waals surface area contributed by atoms with Gasteiger partial charge in [0.25, 0.3) is 0 Å². The van der Waals surface area contributed by atoms with Crippen molar-refractivity contribution in [3.63, 3.8) is 0 Å². The van der Waals surface area contributed by atoms with Gasteiger partial charge in [0.1, 0.15) is 5.75 Å².